The van der Waals surface area contributed by atoms with Crippen LogP contribution in [0, 0.1) is 24.7 Å². The summed E-state index contributed by atoms with van der Waals surface area (Å²) in [7, 11) is 0. The second-order valence-corrected chi connectivity index (χ2v) is 10.6. The third-order valence-electron chi connectivity index (χ3n) is 6.08. The van der Waals surface area contributed by atoms with Gasteiger partial charge in [0.15, 0.2) is 0 Å². The van der Waals surface area contributed by atoms with Crippen LogP contribution < -0.4 is 5.32 Å². The highest BCUT2D eigenvalue weighted by Gasteiger charge is 2.55. The number of aryl methyl sites for hydroxylation is 1. The van der Waals surface area contributed by atoms with Gasteiger partial charge < -0.3 is 5.32 Å². The first-order chi connectivity index (χ1) is 11.7. The van der Waals surface area contributed by atoms with E-state index in [-0.39, 0.29) is 11.8 Å². The van der Waals surface area contributed by atoms with Gasteiger partial charge in [0.1, 0.15) is 0 Å². The molecule has 1 saturated heterocycles. The highest BCUT2D eigenvalue weighted by atomic mass is 32.2. The minimum Gasteiger partial charge on any atom is -0.352 e. The first-order valence-electron chi connectivity index (χ1n) is 9.28. The summed E-state index contributed by atoms with van der Waals surface area (Å²) in [5.41, 5.74) is 2.46. The van der Waals surface area contributed by atoms with Crippen LogP contribution in [-0.2, 0) is 11.3 Å². The first-order valence-corrected chi connectivity index (χ1v) is 11.3. The second-order valence-electron chi connectivity index (χ2n) is 7.61. The molecule has 1 heterocycles. The number of hydrogen-bond acceptors (Lipinski definition) is 3. The molecule has 1 amide bonds. The van der Waals surface area contributed by atoms with Gasteiger partial charge in [-0.1, -0.05) is 36.2 Å². The number of amides is 1. The van der Waals surface area contributed by atoms with Gasteiger partial charge in [0.05, 0.1) is 4.08 Å². The predicted molar refractivity (Wildman–Crippen MR) is 104 cm³/mol. The number of thioether (sulfide) groups is 2. The molecule has 2 bridgehead atoms. The Morgan fingerprint density at radius 2 is 1.75 bits per heavy atom. The molecule has 1 aromatic rings. The minimum atomic E-state index is 0.234. The van der Waals surface area contributed by atoms with Gasteiger partial charge in [-0.05, 0) is 50.0 Å². The van der Waals surface area contributed by atoms with Gasteiger partial charge in [0, 0.05) is 24.0 Å². The lowest BCUT2D eigenvalue weighted by molar-refractivity contribution is -0.127. The molecule has 1 aliphatic heterocycles. The average molecular weight is 362 g/mol. The van der Waals surface area contributed by atoms with Crippen molar-refractivity contribution in [2.24, 2.45) is 17.8 Å². The lowest BCUT2D eigenvalue weighted by Crippen LogP contribution is -2.49. The third-order valence-corrected chi connectivity index (χ3v) is 10.1. The molecular formula is C20H27NOS2. The van der Waals surface area contributed by atoms with Crippen LogP contribution in [-0.4, -0.2) is 21.5 Å². The number of benzene rings is 1. The molecule has 4 rings (SSSR count). The summed E-state index contributed by atoms with van der Waals surface area (Å²) in [6, 6.07) is 8.47. The highest BCUT2D eigenvalue weighted by Crippen LogP contribution is 2.64. The fourth-order valence-electron chi connectivity index (χ4n) is 4.86. The van der Waals surface area contributed by atoms with Crippen molar-refractivity contribution in [1.29, 1.82) is 0 Å². The van der Waals surface area contributed by atoms with E-state index in [1.54, 1.807) is 0 Å². The van der Waals surface area contributed by atoms with Gasteiger partial charge in [-0.2, -0.15) is 0 Å². The number of carbonyl (C=O) groups is 1. The molecule has 2 saturated carbocycles. The van der Waals surface area contributed by atoms with E-state index < -0.39 is 0 Å². The van der Waals surface area contributed by atoms with Gasteiger partial charge in [0.2, 0.25) is 5.91 Å². The molecule has 3 fully saturated rings. The Bertz CT molecular complexity index is 578. The Hall–Kier alpha value is -0.610. The van der Waals surface area contributed by atoms with Gasteiger partial charge in [0.25, 0.3) is 0 Å². The molecule has 4 heteroatoms. The topological polar surface area (TPSA) is 29.1 Å². The van der Waals surface area contributed by atoms with Crippen molar-refractivity contribution < 1.29 is 4.79 Å². The number of hydrogen-bond donors (Lipinski definition) is 1. The maximum Gasteiger partial charge on any atom is 0.223 e. The molecule has 2 nitrogen and oxygen atoms in total. The van der Waals surface area contributed by atoms with Crippen molar-refractivity contribution in [3.63, 3.8) is 0 Å². The predicted octanol–water partition coefficient (Wildman–Crippen LogP) is 4.61. The second kappa shape index (κ2) is 6.95. The summed E-state index contributed by atoms with van der Waals surface area (Å²) in [6.07, 6.45) is 6.25. The molecule has 24 heavy (non-hydrogen) atoms. The van der Waals surface area contributed by atoms with Gasteiger partial charge in [-0.15, -0.1) is 23.5 Å². The van der Waals surface area contributed by atoms with Crippen molar-refractivity contribution in [1.82, 2.24) is 5.32 Å². The van der Waals surface area contributed by atoms with E-state index in [0.717, 1.165) is 24.7 Å². The molecule has 0 unspecified atom stereocenters. The van der Waals surface area contributed by atoms with E-state index in [1.165, 1.54) is 41.9 Å². The zero-order valence-corrected chi connectivity index (χ0v) is 16.1. The minimum absolute atomic E-state index is 0.234. The highest BCUT2D eigenvalue weighted by molar-refractivity contribution is 8.21. The van der Waals surface area contributed by atoms with Crippen LogP contribution in [0.15, 0.2) is 24.3 Å². The lowest BCUT2D eigenvalue weighted by Gasteiger charge is -2.52. The molecule has 1 N–H and O–H groups in total. The van der Waals surface area contributed by atoms with Gasteiger partial charge >= 0.3 is 0 Å². The molecule has 0 aromatic heterocycles. The van der Waals surface area contributed by atoms with Gasteiger partial charge in [-0.3, -0.25) is 4.79 Å². The monoisotopic (exact) mass is 361 g/mol. The Morgan fingerprint density at radius 3 is 2.38 bits per heavy atom. The van der Waals surface area contributed by atoms with Crippen molar-refractivity contribution in [2.75, 3.05) is 11.5 Å². The Kier molecular flexibility index (Phi) is 4.88. The maximum absolute atomic E-state index is 12.7. The number of nitrogens with one attached hydrogen (secondary N) is 1. The zero-order valence-electron chi connectivity index (χ0n) is 14.4. The molecule has 2 atom stereocenters. The number of rotatable bonds is 3. The van der Waals surface area contributed by atoms with E-state index in [4.69, 9.17) is 0 Å². The van der Waals surface area contributed by atoms with Crippen LogP contribution in [0.25, 0.3) is 0 Å². The quantitative estimate of drug-likeness (QED) is 0.852. The summed E-state index contributed by atoms with van der Waals surface area (Å²) >= 11 is 4.43. The smallest absolute Gasteiger partial charge is 0.223 e. The Labute approximate surface area is 153 Å². The third kappa shape index (κ3) is 3.12. The molecular weight excluding hydrogens is 334 g/mol. The van der Waals surface area contributed by atoms with Crippen molar-refractivity contribution in [3.05, 3.63) is 35.4 Å². The van der Waals surface area contributed by atoms with E-state index in [2.05, 4.69) is 60.0 Å². The molecule has 1 aromatic carbocycles. The maximum atomic E-state index is 12.7. The number of carbonyl (C=O) groups excluding carboxylic acids is 1. The lowest BCUT2D eigenvalue weighted by atomic mass is 9.67. The molecule has 1 spiro atoms. The first kappa shape index (κ1) is 16.8. The molecule has 2 aliphatic carbocycles. The van der Waals surface area contributed by atoms with Crippen LogP contribution >= 0.6 is 23.5 Å². The van der Waals surface area contributed by atoms with E-state index in [1.807, 2.05) is 0 Å². The summed E-state index contributed by atoms with van der Waals surface area (Å²) < 4.78 is 0.464. The Balaban J connectivity index is 1.38. The normalized spacial score (nSPS) is 31.1. The fourth-order valence-corrected chi connectivity index (χ4v) is 8.80. The van der Waals surface area contributed by atoms with E-state index in [9.17, 15) is 4.79 Å². The van der Waals surface area contributed by atoms with Crippen LogP contribution in [0.4, 0.5) is 0 Å². The van der Waals surface area contributed by atoms with Crippen molar-refractivity contribution >= 4 is 29.4 Å². The Morgan fingerprint density at radius 1 is 1.12 bits per heavy atom. The van der Waals surface area contributed by atoms with Crippen LogP contribution in [0.3, 0.4) is 0 Å². The summed E-state index contributed by atoms with van der Waals surface area (Å²) in [5, 5.41) is 3.20. The van der Waals surface area contributed by atoms with Crippen molar-refractivity contribution in [2.45, 2.75) is 49.7 Å². The van der Waals surface area contributed by atoms with Crippen LogP contribution in [0.1, 0.15) is 43.2 Å². The SMILES string of the molecule is Cc1ccc(CNC(=O)C2C[C@H]3CCC[C@H](C2)C32SCCS2)cc1. The molecule has 3 aliphatic rings. The average Bonchev–Trinajstić information content (AvgIpc) is 3.03. The molecule has 0 radical (unpaired) electrons. The van der Waals surface area contributed by atoms with Gasteiger partial charge in [-0.25, -0.2) is 0 Å². The molecule has 130 valence electrons. The summed E-state index contributed by atoms with van der Waals surface area (Å²) in [4.78, 5) is 12.7. The zero-order chi connectivity index (χ0) is 16.6. The van der Waals surface area contributed by atoms with Crippen LogP contribution in [0.2, 0.25) is 0 Å². The van der Waals surface area contributed by atoms with E-state index in [0.29, 0.717) is 10.6 Å². The van der Waals surface area contributed by atoms with Crippen LogP contribution in [0.5, 0.6) is 0 Å². The van der Waals surface area contributed by atoms with E-state index >= 15 is 0 Å². The fraction of sp³-hybridized carbons (Fsp3) is 0.650. The standard InChI is InChI=1S/C20H27NOS2/c1-14-5-7-15(8-6-14)13-21-19(22)16-11-17-3-2-4-18(12-16)20(17)23-9-10-24-20/h5-8,16-18H,2-4,9-13H2,1H3,(H,21,22)/t17-,18-/m1/s1. The largest absolute Gasteiger partial charge is 0.352 e. The van der Waals surface area contributed by atoms with Crippen molar-refractivity contribution in [3.8, 4) is 0 Å². The summed E-state index contributed by atoms with van der Waals surface area (Å²) in [5.74, 6) is 4.63. The summed E-state index contributed by atoms with van der Waals surface area (Å²) in [6.45, 7) is 2.76.